The number of rotatable bonds is 3. The minimum Gasteiger partial charge on any atom is -0.378 e. The molecule has 0 amide bonds. The Morgan fingerprint density at radius 1 is 1.56 bits per heavy atom. The zero-order valence-electron chi connectivity index (χ0n) is 8.74. The quantitative estimate of drug-likeness (QED) is 0.880. The number of nitrogens with one attached hydrogen (secondary N) is 1. The van der Waals surface area contributed by atoms with Crippen molar-refractivity contribution in [3.8, 4) is 0 Å². The highest BCUT2D eigenvalue weighted by molar-refractivity contribution is 9.10. The molecule has 0 radical (unpaired) electrons. The molecule has 0 spiro atoms. The zero-order valence-corrected chi connectivity index (χ0v) is 11.1. The number of hydrogen-bond donors (Lipinski definition) is 1. The van der Waals surface area contributed by atoms with Gasteiger partial charge in [-0.3, -0.25) is 0 Å². The maximum absolute atomic E-state index is 5.97. The number of hydrogen-bond acceptors (Lipinski definition) is 2. The van der Waals surface area contributed by atoms with Gasteiger partial charge in [0.2, 0.25) is 0 Å². The van der Waals surface area contributed by atoms with Crippen molar-refractivity contribution in [3.05, 3.63) is 45.9 Å². The van der Waals surface area contributed by atoms with Crippen LogP contribution in [0.4, 0.5) is 5.69 Å². The van der Waals surface area contributed by atoms with Crippen LogP contribution in [-0.2, 0) is 13.6 Å². The van der Waals surface area contributed by atoms with Gasteiger partial charge < -0.3 is 9.88 Å². The average molecular weight is 301 g/mol. The van der Waals surface area contributed by atoms with Crippen molar-refractivity contribution in [1.82, 2.24) is 9.55 Å². The molecule has 0 aliphatic heterocycles. The number of anilines is 1. The highest BCUT2D eigenvalue weighted by atomic mass is 79.9. The lowest BCUT2D eigenvalue weighted by Gasteiger charge is -2.06. The van der Waals surface area contributed by atoms with Gasteiger partial charge >= 0.3 is 0 Å². The second kappa shape index (κ2) is 4.89. The van der Waals surface area contributed by atoms with Crippen LogP contribution in [0.25, 0.3) is 0 Å². The fraction of sp³-hybridized carbons (Fsp3) is 0.182. The Morgan fingerprint density at radius 2 is 2.38 bits per heavy atom. The van der Waals surface area contributed by atoms with Gasteiger partial charge in [0.15, 0.2) is 5.15 Å². The number of aryl methyl sites for hydroxylation is 1. The van der Waals surface area contributed by atoms with Crippen molar-refractivity contribution in [3.63, 3.8) is 0 Å². The summed E-state index contributed by atoms with van der Waals surface area (Å²) in [5.41, 5.74) is 2.04. The van der Waals surface area contributed by atoms with Gasteiger partial charge in [0.05, 0.1) is 5.69 Å². The lowest BCUT2D eigenvalue weighted by atomic mass is 10.3. The fourth-order valence-electron chi connectivity index (χ4n) is 1.41. The molecule has 0 aliphatic rings. The number of halogens is 2. The minimum atomic E-state index is 0.485. The van der Waals surface area contributed by atoms with Gasteiger partial charge in [-0.25, -0.2) is 4.98 Å². The van der Waals surface area contributed by atoms with Crippen LogP contribution in [0.2, 0.25) is 5.15 Å². The largest absolute Gasteiger partial charge is 0.378 e. The molecule has 5 heteroatoms. The SMILES string of the molecule is Cn1ccc(CNc2cc(Br)cnc2Cl)c1. The predicted molar refractivity (Wildman–Crippen MR) is 69.7 cm³/mol. The third-order valence-corrected chi connectivity index (χ3v) is 2.92. The minimum absolute atomic E-state index is 0.485. The summed E-state index contributed by atoms with van der Waals surface area (Å²) in [4.78, 5) is 4.05. The molecule has 16 heavy (non-hydrogen) atoms. The van der Waals surface area contributed by atoms with E-state index >= 15 is 0 Å². The van der Waals surface area contributed by atoms with Gasteiger partial charge in [-0.05, 0) is 33.6 Å². The van der Waals surface area contributed by atoms with E-state index in [1.165, 1.54) is 5.56 Å². The molecule has 0 saturated carbocycles. The third-order valence-electron chi connectivity index (χ3n) is 2.18. The molecule has 84 valence electrons. The first kappa shape index (κ1) is 11.5. The Balaban J connectivity index is 2.07. The molecular formula is C11H11BrClN3. The lowest BCUT2D eigenvalue weighted by molar-refractivity contribution is 0.920. The van der Waals surface area contributed by atoms with E-state index in [9.17, 15) is 0 Å². The molecule has 3 nitrogen and oxygen atoms in total. The standard InChI is InChI=1S/C11H11BrClN3/c1-16-3-2-8(7-16)5-14-10-4-9(12)6-15-11(10)13/h2-4,6-7,14H,5H2,1H3. The summed E-state index contributed by atoms with van der Waals surface area (Å²) in [5, 5.41) is 3.73. The van der Waals surface area contributed by atoms with Gasteiger partial charge in [0.25, 0.3) is 0 Å². The maximum Gasteiger partial charge on any atom is 0.152 e. The molecule has 2 heterocycles. The number of pyridine rings is 1. The van der Waals surface area contributed by atoms with E-state index in [4.69, 9.17) is 11.6 Å². The highest BCUT2D eigenvalue weighted by Gasteiger charge is 2.02. The summed E-state index contributed by atoms with van der Waals surface area (Å²) in [7, 11) is 2.00. The predicted octanol–water partition coefficient (Wildman–Crippen LogP) is 3.45. The van der Waals surface area contributed by atoms with Crippen LogP contribution in [0, 0.1) is 0 Å². The third kappa shape index (κ3) is 2.77. The van der Waals surface area contributed by atoms with Crippen molar-refractivity contribution in [2.45, 2.75) is 6.54 Å². The first-order chi connectivity index (χ1) is 7.65. The lowest BCUT2D eigenvalue weighted by Crippen LogP contribution is -1.99. The molecule has 0 bridgehead atoms. The normalized spacial score (nSPS) is 10.4. The first-order valence-corrected chi connectivity index (χ1v) is 5.98. The molecular weight excluding hydrogens is 289 g/mol. The van der Waals surface area contributed by atoms with Crippen LogP contribution in [0.3, 0.4) is 0 Å². The van der Waals surface area contributed by atoms with Crippen molar-refractivity contribution in [1.29, 1.82) is 0 Å². The second-order valence-corrected chi connectivity index (χ2v) is 4.80. The van der Waals surface area contributed by atoms with E-state index in [1.807, 2.05) is 23.9 Å². The van der Waals surface area contributed by atoms with E-state index in [-0.39, 0.29) is 0 Å². The van der Waals surface area contributed by atoms with Gasteiger partial charge in [0.1, 0.15) is 0 Å². The fourth-order valence-corrected chi connectivity index (χ4v) is 1.91. The Labute approximate surface area is 108 Å². The smallest absolute Gasteiger partial charge is 0.152 e. The second-order valence-electron chi connectivity index (χ2n) is 3.53. The van der Waals surface area contributed by atoms with Gasteiger partial charge in [-0.1, -0.05) is 11.6 Å². The molecule has 0 atom stereocenters. The average Bonchev–Trinajstić information content (AvgIpc) is 2.66. The van der Waals surface area contributed by atoms with E-state index in [0.717, 1.165) is 16.7 Å². The summed E-state index contributed by atoms with van der Waals surface area (Å²) in [6.45, 7) is 0.735. The van der Waals surface area contributed by atoms with Gasteiger partial charge in [-0.2, -0.15) is 0 Å². The van der Waals surface area contributed by atoms with Crippen LogP contribution in [-0.4, -0.2) is 9.55 Å². The van der Waals surface area contributed by atoms with E-state index in [0.29, 0.717) is 5.15 Å². The van der Waals surface area contributed by atoms with Crippen molar-refractivity contribution in [2.75, 3.05) is 5.32 Å². The zero-order chi connectivity index (χ0) is 11.5. The molecule has 2 aromatic heterocycles. The summed E-state index contributed by atoms with van der Waals surface area (Å²) >= 11 is 9.33. The summed E-state index contributed by atoms with van der Waals surface area (Å²) < 4.78 is 2.92. The molecule has 2 aromatic rings. The molecule has 0 unspecified atom stereocenters. The molecule has 0 saturated heterocycles. The van der Waals surface area contributed by atoms with Crippen LogP contribution >= 0.6 is 27.5 Å². The van der Waals surface area contributed by atoms with Crippen LogP contribution in [0.5, 0.6) is 0 Å². The Morgan fingerprint density at radius 3 is 3.06 bits per heavy atom. The van der Waals surface area contributed by atoms with Gasteiger partial charge in [0, 0.05) is 36.7 Å². The monoisotopic (exact) mass is 299 g/mol. The molecule has 1 N–H and O–H groups in total. The first-order valence-electron chi connectivity index (χ1n) is 4.81. The van der Waals surface area contributed by atoms with Crippen molar-refractivity contribution in [2.24, 2.45) is 7.05 Å². The topological polar surface area (TPSA) is 29.9 Å². The van der Waals surface area contributed by atoms with Crippen LogP contribution < -0.4 is 5.32 Å². The molecule has 0 aliphatic carbocycles. The summed E-state index contributed by atoms with van der Waals surface area (Å²) in [6, 6.07) is 3.98. The Kier molecular flexibility index (Phi) is 3.51. The van der Waals surface area contributed by atoms with Crippen LogP contribution in [0.1, 0.15) is 5.56 Å². The van der Waals surface area contributed by atoms with E-state index in [1.54, 1.807) is 6.20 Å². The number of nitrogens with zero attached hydrogens (tertiary/aromatic N) is 2. The van der Waals surface area contributed by atoms with Crippen molar-refractivity contribution < 1.29 is 0 Å². The van der Waals surface area contributed by atoms with Crippen molar-refractivity contribution >= 4 is 33.2 Å². The molecule has 2 rings (SSSR count). The van der Waals surface area contributed by atoms with Gasteiger partial charge in [-0.15, -0.1) is 0 Å². The Bertz CT molecular complexity index is 496. The molecule has 0 aromatic carbocycles. The number of aromatic nitrogens is 2. The maximum atomic E-state index is 5.97. The summed E-state index contributed by atoms with van der Waals surface area (Å²) in [5.74, 6) is 0. The van der Waals surface area contributed by atoms with Crippen LogP contribution in [0.15, 0.2) is 35.2 Å². The molecule has 0 fully saturated rings. The summed E-state index contributed by atoms with van der Waals surface area (Å²) in [6.07, 6.45) is 5.75. The van der Waals surface area contributed by atoms with E-state index < -0.39 is 0 Å². The van der Waals surface area contributed by atoms with E-state index in [2.05, 4.69) is 38.5 Å². The Hall–Kier alpha value is -1.00. The highest BCUT2D eigenvalue weighted by Crippen LogP contribution is 2.23.